The molecule has 0 bridgehead atoms. The Labute approximate surface area is 129 Å². The second kappa shape index (κ2) is 6.77. The number of nitrogens with one attached hydrogen (secondary N) is 1. The lowest BCUT2D eigenvalue weighted by molar-refractivity contribution is 0.0696. The normalized spacial score (nSPS) is 16.7. The van der Waals surface area contributed by atoms with Crippen LogP contribution in [0.15, 0.2) is 23.1 Å². The van der Waals surface area contributed by atoms with Crippen molar-refractivity contribution in [2.24, 2.45) is 0 Å². The van der Waals surface area contributed by atoms with Gasteiger partial charge in [0.1, 0.15) is 0 Å². The number of amides is 1. The minimum Gasteiger partial charge on any atom is -0.381 e. The molecule has 1 N–H and O–H groups in total. The number of carbonyl (C=O) groups excluding carboxylic acids is 1. The molecule has 116 valence electrons. The van der Waals surface area contributed by atoms with Crippen LogP contribution >= 0.6 is 10.7 Å². The number of ether oxygens (including phenoxy) is 1. The molecule has 5 nitrogen and oxygen atoms in total. The zero-order valence-electron chi connectivity index (χ0n) is 11.8. The largest absolute Gasteiger partial charge is 0.381 e. The van der Waals surface area contributed by atoms with Gasteiger partial charge in [-0.15, -0.1) is 0 Å². The van der Waals surface area contributed by atoms with Crippen LogP contribution in [-0.4, -0.2) is 33.6 Å². The number of carbonyl (C=O) groups is 1. The SMILES string of the molecule is CCc1ccc(C(=O)NC2CCOCC2)cc1S(=O)(=O)Cl. The van der Waals surface area contributed by atoms with E-state index in [0.29, 0.717) is 30.8 Å². The smallest absolute Gasteiger partial charge is 0.261 e. The van der Waals surface area contributed by atoms with E-state index in [0.717, 1.165) is 12.8 Å². The molecular formula is C14H18ClNO4S. The highest BCUT2D eigenvalue weighted by atomic mass is 35.7. The summed E-state index contributed by atoms with van der Waals surface area (Å²) < 4.78 is 28.4. The van der Waals surface area contributed by atoms with Crippen molar-refractivity contribution in [2.75, 3.05) is 13.2 Å². The van der Waals surface area contributed by atoms with Crippen LogP contribution in [0.5, 0.6) is 0 Å². The molecule has 1 aliphatic heterocycles. The number of benzene rings is 1. The van der Waals surface area contributed by atoms with E-state index in [2.05, 4.69) is 5.32 Å². The maximum atomic E-state index is 12.2. The molecular weight excluding hydrogens is 314 g/mol. The zero-order valence-corrected chi connectivity index (χ0v) is 13.3. The molecule has 1 aliphatic rings. The highest BCUT2D eigenvalue weighted by Crippen LogP contribution is 2.22. The van der Waals surface area contributed by atoms with E-state index in [1.165, 1.54) is 6.07 Å². The summed E-state index contributed by atoms with van der Waals surface area (Å²) in [5.41, 5.74) is 0.908. The van der Waals surface area contributed by atoms with Gasteiger partial charge < -0.3 is 10.1 Å². The molecule has 2 rings (SSSR count). The van der Waals surface area contributed by atoms with Crippen molar-refractivity contribution in [1.29, 1.82) is 0 Å². The molecule has 0 aromatic heterocycles. The highest BCUT2D eigenvalue weighted by Gasteiger charge is 2.20. The van der Waals surface area contributed by atoms with Gasteiger partial charge in [0, 0.05) is 35.5 Å². The molecule has 1 heterocycles. The van der Waals surface area contributed by atoms with Crippen LogP contribution in [0.1, 0.15) is 35.7 Å². The van der Waals surface area contributed by atoms with Crippen LogP contribution in [-0.2, 0) is 20.2 Å². The van der Waals surface area contributed by atoms with E-state index < -0.39 is 9.05 Å². The standard InChI is InChI=1S/C14H18ClNO4S/c1-2-10-3-4-11(9-13(10)21(15,18)19)14(17)16-12-5-7-20-8-6-12/h3-4,9,12H,2,5-8H2,1H3,(H,16,17). The van der Waals surface area contributed by atoms with Gasteiger partial charge in [0.2, 0.25) is 0 Å². The molecule has 21 heavy (non-hydrogen) atoms. The van der Waals surface area contributed by atoms with Crippen LogP contribution < -0.4 is 5.32 Å². The highest BCUT2D eigenvalue weighted by molar-refractivity contribution is 8.13. The number of rotatable bonds is 4. The first kappa shape index (κ1) is 16.3. The Bertz CT molecular complexity index is 624. The number of hydrogen-bond donors (Lipinski definition) is 1. The van der Waals surface area contributed by atoms with Crippen LogP contribution in [0, 0.1) is 0 Å². The fourth-order valence-electron chi connectivity index (χ4n) is 2.33. The predicted octanol–water partition coefficient (Wildman–Crippen LogP) is 2.09. The Morgan fingerprint density at radius 1 is 1.38 bits per heavy atom. The van der Waals surface area contributed by atoms with Crippen molar-refractivity contribution < 1.29 is 17.9 Å². The van der Waals surface area contributed by atoms with Gasteiger partial charge in [-0.1, -0.05) is 13.0 Å². The Balaban J connectivity index is 2.21. The molecule has 0 saturated carbocycles. The van der Waals surface area contributed by atoms with Gasteiger partial charge in [-0.25, -0.2) is 8.42 Å². The summed E-state index contributed by atoms with van der Waals surface area (Å²) in [6.45, 7) is 3.09. The fourth-order valence-corrected chi connectivity index (χ4v) is 3.55. The first-order valence-corrected chi connectivity index (χ1v) is 9.19. The minimum absolute atomic E-state index is 0.00583. The third-order valence-corrected chi connectivity index (χ3v) is 4.93. The molecule has 7 heteroatoms. The number of aryl methyl sites for hydroxylation is 1. The summed E-state index contributed by atoms with van der Waals surface area (Å²) in [4.78, 5) is 12.2. The Kier molecular flexibility index (Phi) is 5.24. The van der Waals surface area contributed by atoms with Crippen LogP contribution in [0.25, 0.3) is 0 Å². The Morgan fingerprint density at radius 2 is 2.05 bits per heavy atom. The number of hydrogen-bond acceptors (Lipinski definition) is 4. The maximum absolute atomic E-state index is 12.2. The molecule has 0 radical (unpaired) electrons. The van der Waals surface area contributed by atoms with Gasteiger partial charge in [0.15, 0.2) is 0 Å². The lowest BCUT2D eigenvalue weighted by Gasteiger charge is -2.23. The minimum atomic E-state index is -3.86. The average molecular weight is 332 g/mol. The summed E-state index contributed by atoms with van der Waals surface area (Å²) in [6.07, 6.45) is 2.06. The summed E-state index contributed by atoms with van der Waals surface area (Å²) >= 11 is 0. The fraction of sp³-hybridized carbons (Fsp3) is 0.500. The summed E-state index contributed by atoms with van der Waals surface area (Å²) in [5.74, 6) is -0.286. The molecule has 1 amide bonds. The first-order chi connectivity index (χ1) is 9.91. The molecule has 1 saturated heterocycles. The summed E-state index contributed by atoms with van der Waals surface area (Å²) in [7, 11) is 1.57. The number of halogens is 1. The van der Waals surface area contributed by atoms with Crippen LogP contribution in [0.4, 0.5) is 0 Å². The molecule has 1 aromatic rings. The van der Waals surface area contributed by atoms with Gasteiger partial charge >= 0.3 is 0 Å². The second-order valence-corrected chi connectivity index (χ2v) is 7.51. The van der Waals surface area contributed by atoms with Gasteiger partial charge in [0.25, 0.3) is 15.0 Å². The van der Waals surface area contributed by atoms with Gasteiger partial charge in [-0.3, -0.25) is 4.79 Å². The van der Waals surface area contributed by atoms with Crippen LogP contribution in [0.2, 0.25) is 0 Å². The van der Waals surface area contributed by atoms with E-state index in [1.807, 2.05) is 6.92 Å². The average Bonchev–Trinajstić information content (AvgIpc) is 2.46. The maximum Gasteiger partial charge on any atom is 0.261 e. The van der Waals surface area contributed by atoms with E-state index in [9.17, 15) is 13.2 Å². The van der Waals surface area contributed by atoms with Gasteiger partial charge in [0.05, 0.1) is 4.90 Å². The van der Waals surface area contributed by atoms with Gasteiger partial charge in [-0.2, -0.15) is 0 Å². The molecule has 0 aliphatic carbocycles. The molecule has 0 unspecified atom stereocenters. The lowest BCUT2D eigenvalue weighted by atomic mass is 10.1. The van der Waals surface area contributed by atoms with Crippen molar-refractivity contribution in [2.45, 2.75) is 37.1 Å². The van der Waals surface area contributed by atoms with Crippen molar-refractivity contribution >= 4 is 25.6 Å². The summed E-state index contributed by atoms with van der Waals surface area (Å²) in [5, 5.41) is 2.89. The third-order valence-electron chi connectivity index (χ3n) is 3.53. The van der Waals surface area contributed by atoms with E-state index in [1.54, 1.807) is 12.1 Å². The van der Waals surface area contributed by atoms with Crippen molar-refractivity contribution in [3.63, 3.8) is 0 Å². The van der Waals surface area contributed by atoms with E-state index >= 15 is 0 Å². The Hall–Kier alpha value is -1.11. The van der Waals surface area contributed by atoms with Crippen molar-refractivity contribution in [3.8, 4) is 0 Å². The second-order valence-electron chi connectivity index (χ2n) is 4.97. The predicted molar refractivity (Wildman–Crippen MR) is 80.2 cm³/mol. The quantitative estimate of drug-likeness (QED) is 0.857. The third kappa shape index (κ3) is 4.18. The van der Waals surface area contributed by atoms with Gasteiger partial charge in [-0.05, 0) is 37.0 Å². The molecule has 0 spiro atoms. The van der Waals surface area contributed by atoms with E-state index in [4.69, 9.17) is 15.4 Å². The molecule has 1 fully saturated rings. The van der Waals surface area contributed by atoms with Crippen molar-refractivity contribution in [3.05, 3.63) is 29.3 Å². The molecule has 0 atom stereocenters. The Morgan fingerprint density at radius 3 is 2.62 bits per heavy atom. The lowest BCUT2D eigenvalue weighted by Crippen LogP contribution is -2.38. The van der Waals surface area contributed by atoms with Crippen LogP contribution in [0.3, 0.4) is 0 Å². The first-order valence-electron chi connectivity index (χ1n) is 6.88. The zero-order chi connectivity index (χ0) is 15.5. The summed E-state index contributed by atoms with van der Waals surface area (Å²) in [6, 6.07) is 4.66. The monoisotopic (exact) mass is 331 g/mol. The molecule has 1 aromatic carbocycles. The van der Waals surface area contributed by atoms with E-state index in [-0.39, 0.29) is 16.8 Å². The topological polar surface area (TPSA) is 72.5 Å². The van der Waals surface area contributed by atoms with Crippen molar-refractivity contribution in [1.82, 2.24) is 5.32 Å².